The van der Waals surface area contributed by atoms with Gasteiger partial charge in [0.15, 0.2) is 0 Å². The molecular weight excluding hydrogens is 422 g/mol. The van der Waals surface area contributed by atoms with Crippen molar-refractivity contribution in [2.75, 3.05) is 10.8 Å². The molecule has 0 atom stereocenters. The van der Waals surface area contributed by atoms with E-state index in [-0.39, 0.29) is 22.0 Å². The topological polar surface area (TPSA) is 79.4 Å². The van der Waals surface area contributed by atoms with Crippen molar-refractivity contribution in [1.82, 2.24) is 10.3 Å². The zero-order valence-electron chi connectivity index (χ0n) is 16.1. The summed E-state index contributed by atoms with van der Waals surface area (Å²) in [6.45, 7) is 0.680. The van der Waals surface area contributed by atoms with Gasteiger partial charge in [-0.25, -0.2) is 8.42 Å². The summed E-state index contributed by atoms with van der Waals surface area (Å²) in [5.41, 5.74) is 2.68. The number of aryl methyl sites for hydroxylation is 1. The Balaban J connectivity index is 1.62. The number of hydrogen-bond donors (Lipinski definition) is 1. The highest BCUT2D eigenvalue weighted by molar-refractivity contribution is 7.92. The molecule has 1 amide bonds. The number of pyridine rings is 1. The van der Waals surface area contributed by atoms with Crippen molar-refractivity contribution in [2.24, 2.45) is 0 Å². The van der Waals surface area contributed by atoms with E-state index in [1.807, 2.05) is 24.3 Å². The van der Waals surface area contributed by atoms with Crippen molar-refractivity contribution in [3.63, 3.8) is 0 Å². The highest BCUT2D eigenvalue weighted by Crippen LogP contribution is 2.32. The zero-order valence-corrected chi connectivity index (χ0v) is 17.7. The van der Waals surface area contributed by atoms with Gasteiger partial charge in [-0.1, -0.05) is 29.8 Å². The lowest BCUT2D eigenvalue weighted by Gasteiger charge is -2.30. The van der Waals surface area contributed by atoms with Gasteiger partial charge in [0.05, 0.1) is 21.2 Å². The fourth-order valence-corrected chi connectivity index (χ4v) is 5.26. The second kappa shape index (κ2) is 8.45. The molecular formula is C22H20ClN3O3S. The first kappa shape index (κ1) is 20.4. The van der Waals surface area contributed by atoms with Gasteiger partial charge in [-0.3, -0.25) is 14.1 Å². The standard InChI is InChI=1S/C22H20ClN3O3S/c23-20-8-7-18(14-19(20)22(27)25-15-16-9-11-24-12-10-16)30(28,29)26-13-3-5-17-4-1-2-6-21(17)26/h1-2,4,6-12,14H,3,5,13,15H2,(H,25,27). The van der Waals surface area contributed by atoms with Crippen molar-refractivity contribution in [2.45, 2.75) is 24.3 Å². The predicted octanol–water partition coefficient (Wildman–Crippen LogP) is 3.81. The molecule has 4 rings (SSSR count). The number of carbonyl (C=O) groups is 1. The summed E-state index contributed by atoms with van der Waals surface area (Å²) in [5, 5.41) is 2.96. The van der Waals surface area contributed by atoms with Crippen LogP contribution in [0.5, 0.6) is 0 Å². The average Bonchev–Trinajstić information content (AvgIpc) is 2.78. The van der Waals surface area contributed by atoms with Crippen LogP contribution in [-0.2, 0) is 23.0 Å². The van der Waals surface area contributed by atoms with E-state index >= 15 is 0 Å². The van der Waals surface area contributed by atoms with Gasteiger partial charge < -0.3 is 5.32 Å². The molecule has 1 N–H and O–H groups in total. The Morgan fingerprint density at radius 2 is 1.87 bits per heavy atom. The van der Waals surface area contributed by atoms with E-state index in [0.717, 1.165) is 24.0 Å². The molecule has 6 nitrogen and oxygen atoms in total. The number of hydrogen-bond acceptors (Lipinski definition) is 4. The van der Waals surface area contributed by atoms with Crippen LogP contribution >= 0.6 is 11.6 Å². The predicted molar refractivity (Wildman–Crippen MR) is 116 cm³/mol. The van der Waals surface area contributed by atoms with Crippen LogP contribution in [0.3, 0.4) is 0 Å². The first-order valence-corrected chi connectivity index (χ1v) is 11.4. The van der Waals surface area contributed by atoms with E-state index in [1.165, 1.54) is 22.5 Å². The van der Waals surface area contributed by atoms with Crippen molar-refractivity contribution in [1.29, 1.82) is 0 Å². The fraction of sp³-hybridized carbons (Fsp3) is 0.182. The highest BCUT2D eigenvalue weighted by atomic mass is 35.5. The van der Waals surface area contributed by atoms with Crippen LogP contribution in [-0.4, -0.2) is 25.9 Å². The minimum atomic E-state index is -3.83. The summed E-state index contributed by atoms with van der Waals surface area (Å²) in [6.07, 6.45) is 4.85. The molecule has 1 aromatic heterocycles. The fourth-order valence-electron chi connectivity index (χ4n) is 3.49. The smallest absolute Gasteiger partial charge is 0.264 e. The SMILES string of the molecule is O=C(NCc1ccncc1)c1cc(S(=O)(=O)N2CCCc3ccccc32)ccc1Cl. The van der Waals surface area contributed by atoms with Crippen LogP contribution < -0.4 is 9.62 Å². The van der Waals surface area contributed by atoms with Crippen molar-refractivity contribution in [3.05, 3.63) is 88.7 Å². The van der Waals surface area contributed by atoms with Crippen molar-refractivity contribution in [3.8, 4) is 0 Å². The summed E-state index contributed by atoms with van der Waals surface area (Å²) >= 11 is 6.21. The van der Waals surface area contributed by atoms with E-state index in [1.54, 1.807) is 24.5 Å². The van der Waals surface area contributed by atoms with E-state index in [9.17, 15) is 13.2 Å². The summed E-state index contributed by atoms with van der Waals surface area (Å²) in [6, 6.07) is 15.3. The van der Waals surface area contributed by atoms with Crippen LogP contribution in [0.15, 0.2) is 71.9 Å². The molecule has 8 heteroatoms. The van der Waals surface area contributed by atoms with Gasteiger partial charge in [-0.15, -0.1) is 0 Å². The molecule has 0 bridgehead atoms. The number of sulfonamides is 1. The minimum Gasteiger partial charge on any atom is -0.348 e. The third-order valence-corrected chi connectivity index (χ3v) is 7.18. The molecule has 0 fully saturated rings. The molecule has 154 valence electrons. The Hall–Kier alpha value is -2.90. The Kier molecular flexibility index (Phi) is 5.74. The quantitative estimate of drug-likeness (QED) is 0.653. The van der Waals surface area contributed by atoms with Crippen LogP contribution in [0.4, 0.5) is 5.69 Å². The zero-order chi connectivity index (χ0) is 21.1. The largest absolute Gasteiger partial charge is 0.348 e. The van der Waals surface area contributed by atoms with Gasteiger partial charge in [0.2, 0.25) is 0 Å². The average molecular weight is 442 g/mol. The third kappa shape index (κ3) is 4.04. The Morgan fingerprint density at radius 3 is 2.67 bits per heavy atom. The number of anilines is 1. The van der Waals surface area contributed by atoms with E-state index in [4.69, 9.17) is 11.6 Å². The maximum atomic E-state index is 13.4. The Bertz CT molecular complexity index is 1180. The summed E-state index contributed by atoms with van der Waals surface area (Å²) in [5.74, 6) is -0.437. The first-order chi connectivity index (χ1) is 14.5. The van der Waals surface area contributed by atoms with Gasteiger partial charge in [-0.2, -0.15) is 0 Å². The molecule has 0 radical (unpaired) electrons. The maximum absolute atomic E-state index is 13.4. The number of halogens is 1. The number of rotatable bonds is 5. The molecule has 0 saturated heterocycles. The monoisotopic (exact) mass is 441 g/mol. The van der Waals surface area contributed by atoms with E-state index < -0.39 is 15.9 Å². The second-order valence-corrected chi connectivity index (χ2v) is 9.26. The van der Waals surface area contributed by atoms with Crippen LogP contribution in [0.1, 0.15) is 27.9 Å². The van der Waals surface area contributed by atoms with Crippen molar-refractivity contribution < 1.29 is 13.2 Å². The van der Waals surface area contributed by atoms with Crippen molar-refractivity contribution >= 4 is 33.2 Å². The number of nitrogens with one attached hydrogen (secondary N) is 1. The number of benzene rings is 2. The summed E-state index contributed by atoms with van der Waals surface area (Å²) in [7, 11) is -3.83. The summed E-state index contributed by atoms with van der Waals surface area (Å²) < 4.78 is 28.1. The van der Waals surface area contributed by atoms with Gasteiger partial charge in [-0.05, 0) is 60.4 Å². The summed E-state index contributed by atoms with van der Waals surface area (Å²) in [4.78, 5) is 16.7. The van der Waals surface area contributed by atoms with Gasteiger partial charge in [0, 0.05) is 25.5 Å². The van der Waals surface area contributed by atoms with Gasteiger partial charge in [0.25, 0.3) is 15.9 Å². The first-order valence-electron chi connectivity index (χ1n) is 9.54. The normalized spacial score (nSPS) is 13.6. The highest BCUT2D eigenvalue weighted by Gasteiger charge is 2.29. The molecule has 0 aliphatic carbocycles. The van der Waals surface area contributed by atoms with Gasteiger partial charge in [0.1, 0.15) is 0 Å². The minimum absolute atomic E-state index is 0.0395. The van der Waals surface area contributed by atoms with Gasteiger partial charge >= 0.3 is 0 Å². The van der Waals surface area contributed by atoms with E-state index in [0.29, 0.717) is 12.2 Å². The van der Waals surface area contributed by atoms with Crippen LogP contribution in [0.25, 0.3) is 0 Å². The molecule has 3 aromatic rings. The number of amides is 1. The number of nitrogens with zero attached hydrogens (tertiary/aromatic N) is 2. The second-order valence-electron chi connectivity index (χ2n) is 6.99. The molecule has 30 heavy (non-hydrogen) atoms. The lowest BCUT2D eigenvalue weighted by Crippen LogP contribution is -2.35. The molecule has 0 saturated carbocycles. The lowest BCUT2D eigenvalue weighted by molar-refractivity contribution is 0.0951. The van der Waals surface area contributed by atoms with E-state index in [2.05, 4.69) is 10.3 Å². The Morgan fingerprint density at radius 1 is 1.10 bits per heavy atom. The number of aromatic nitrogens is 1. The maximum Gasteiger partial charge on any atom is 0.264 e. The molecule has 1 aliphatic heterocycles. The molecule has 2 heterocycles. The molecule has 0 spiro atoms. The Labute approximate surface area is 180 Å². The molecule has 0 unspecified atom stereocenters. The van der Waals surface area contributed by atoms with Crippen LogP contribution in [0, 0.1) is 0 Å². The number of fused-ring (bicyclic) bond motifs is 1. The lowest BCUT2D eigenvalue weighted by atomic mass is 10.0. The third-order valence-electron chi connectivity index (χ3n) is 5.04. The number of carbonyl (C=O) groups excluding carboxylic acids is 1. The number of para-hydroxylation sites is 1. The molecule has 1 aliphatic rings. The molecule has 2 aromatic carbocycles. The van der Waals surface area contributed by atoms with Crippen LogP contribution in [0.2, 0.25) is 5.02 Å².